The molecule has 1 aromatic carbocycles. The average Bonchev–Trinajstić information content (AvgIpc) is 2.38. The largest absolute Gasteiger partial charge is 0.334 e. The van der Waals surface area contributed by atoms with Crippen LogP contribution in [0.15, 0.2) is 30.3 Å². The second-order valence-corrected chi connectivity index (χ2v) is 5.62. The van der Waals surface area contributed by atoms with Gasteiger partial charge in [-0.2, -0.15) is 0 Å². The summed E-state index contributed by atoms with van der Waals surface area (Å²) in [6.45, 7) is 0.806. The van der Waals surface area contributed by atoms with E-state index >= 15 is 0 Å². The van der Waals surface area contributed by atoms with E-state index in [1.165, 1.54) is 37.7 Å². The number of carbonyl (C=O) groups excluding carboxylic acids is 1. The molecule has 1 saturated heterocycles. The highest BCUT2D eigenvalue weighted by atomic mass is 16.2. The van der Waals surface area contributed by atoms with Crippen molar-refractivity contribution in [1.82, 2.24) is 4.90 Å². The number of rotatable bonds is 2. The monoisotopic (exact) mass is 243 g/mol. The molecule has 0 unspecified atom stereocenters. The third kappa shape index (κ3) is 2.16. The minimum Gasteiger partial charge on any atom is -0.334 e. The number of nitrogens with zero attached hydrogens (tertiary/aromatic N) is 1. The number of amides is 1. The second-order valence-electron chi connectivity index (χ2n) is 5.62. The molecule has 2 fully saturated rings. The zero-order valence-electron chi connectivity index (χ0n) is 10.8. The van der Waals surface area contributed by atoms with Crippen molar-refractivity contribution in [3.05, 3.63) is 35.9 Å². The molecule has 2 nitrogen and oxygen atoms in total. The van der Waals surface area contributed by atoms with Crippen LogP contribution in [0.3, 0.4) is 0 Å². The Labute approximate surface area is 109 Å². The molecular weight excluding hydrogens is 222 g/mol. The number of likely N-dealkylation sites (tertiary alicyclic amines) is 1. The smallest absolute Gasteiger partial charge is 0.228 e. The lowest BCUT2D eigenvalue weighted by atomic mass is 9.78. The quantitative estimate of drug-likeness (QED) is 0.729. The fourth-order valence-electron chi connectivity index (χ4n) is 3.40. The van der Waals surface area contributed by atoms with Crippen molar-refractivity contribution in [3.63, 3.8) is 0 Å². The highest BCUT2D eigenvalue weighted by Gasteiger charge is 2.45. The number of benzene rings is 1. The first-order chi connectivity index (χ1) is 8.86. The third-order valence-corrected chi connectivity index (χ3v) is 4.43. The van der Waals surface area contributed by atoms with E-state index in [0.717, 1.165) is 13.0 Å². The van der Waals surface area contributed by atoms with Gasteiger partial charge in [-0.1, -0.05) is 56.0 Å². The number of fused-ring (bicyclic) bond motifs is 1. The van der Waals surface area contributed by atoms with Gasteiger partial charge in [0, 0.05) is 12.6 Å². The van der Waals surface area contributed by atoms with Gasteiger partial charge in [-0.25, -0.2) is 0 Å². The Kier molecular flexibility index (Phi) is 3.35. The van der Waals surface area contributed by atoms with Gasteiger partial charge in [0.15, 0.2) is 0 Å². The summed E-state index contributed by atoms with van der Waals surface area (Å²) in [6.07, 6.45) is 7.52. The van der Waals surface area contributed by atoms with Crippen LogP contribution < -0.4 is 0 Å². The summed E-state index contributed by atoms with van der Waals surface area (Å²) < 4.78 is 0. The normalized spacial score (nSPS) is 28.0. The van der Waals surface area contributed by atoms with E-state index in [-0.39, 0.29) is 0 Å². The Morgan fingerprint density at radius 3 is 2.50 bits per heavy atom. The fourth-order valence-corrected chi connectivity index (χ4v) is 3.40. The van der Waals surface area contributed by atoms with Gasteiger partial charge in [0.25, 0.3) is 0 Å². The highest BCUT2D eigenvalue weighted by molar-refractivity contribution is 5.86. The summed E-state index contributed by atoms with van der Waals surface area (Å²) in [5.74, 6) is 0.736. The summed E-state index contributed by atoms with van der Waals surface area (Å²) >= 11 is 0. The van der Waals surface area contributed by atoms with Crippen LogP contribution in [0, 0.1) is 5.92 Å². The van der Waals surface area contributed by atoms with Crippen LogP contribution in [0.2, 0.25) is 0 Å². The van der Waals surface area contributed by atoms with Crippen LogP contribution in [0.5, 0.6) is 0 Å². The first-order valence-corrected chi connectivity index (χ1v) is 7.20. The van der Waals surface area contributed by atoms with E-state index in [9.17, 15) is 4.79 Å². The van der Waals surface area contributed by atoms with Gasteiger partial charge in [-0.05, 0) is 18.4 Å². The fraction of sp³-hybridized carbons (Fsp3) is 0.562. The third-order valence-electron chi connectivity index (χ3n) is 4.43. The number of hydrogen-bond acceptors (Lipinski definition) is 1. The van der Waals surface area contributed by atoms with Gasteiger partial charge in [-0.15, -0.1) is 0 Å². The summed E-state index contributed by atoms with van der Waals surface area (Å²) in [4.78, 5) is 14.3. The Bertz CT molecular complexity index is 414. The van der Waals surface area contributed by atoms with Crippen LogP contribution in [-0.4, -0.2) is 16.8 Å². The van der Waals surface area contributed by atoms with Crippen molar-refractivity contribution < 1.29 is 4.79 Å². The number of carbonyl (C=O) groups is 1. The van der Waals surface area contributed by atoms with E-state index in [0.29, 0.717) is 17.9 Å². The Morgan fingerprint density at radius 1 is 1.00 bits per heavy atom. The predicted octanol–water partition coefficient (Wildman–Crippen LogP) is 3.37. The van der Waals surface area contributed by atoms with E-state index in [1.54, 1.807) is 0 Å². The number of hydrogen-bond donors (Lipinski definition) is 0. The minimum absolute atomic E-state index is 0.342. The molecule has 1 amide bonds. The molecule has 1 aliphatic heterocycles. The lowest BCUT2D eigenvalue weighted by molar-refractivity contribution is -0.159. The van der Waals surface area contributed by atoms with Crippen molar-refractivity contribution >= 4 is 5.91 Å². The second kappa shape index (κ2) is 5.13. The molecule has 1 heterocycles. The van der Waals surface area contributed by atoms with E-state index in [1.807, 2.05) is 6.07 Å². The molecule has 0 radical (unpaired) electrons. The zero-order valence-corrected chi connectivity index (χ0v) is 10.8. The maximum absolute atomic E-state index is 12.2. The molecule has 3 rings (SSSR count). The molecule has 0 bridgehead atoms. The molecule has 1 aliphatic carbocycles. The van der Waals surface area contributed by atoms with Gasteiger partial charge in [0.1, 0.15) is 0 Å². The van der Waals surface area contributed by atoms with Crippen molar-refractivity contribution in [2.45, 2.75) is 51.1 Å². The van der Waals surface area contributed by atoms with Crippen molar-refractivity contribution in [3.8, 4) is 0 Å². The molecule has 0 aromatic heterocycles. The van der Waals surface area contributed by atoms with E-state index < -0.39 is 0 Å². The molecule has 96 valence electrons. The van der Waals surface area contributed by atoms with Crippen molar-refractivity contribution in [2.75, 3.05) is 0 Å². The summed E-state index contributed by atoms with van der Waals surface area (Å²) in [5, 5.41) is 0. The van der Waals surface area contributed by atoms with Gasteiger partial charge in [0.05, 0.1) is 5.92 Å². The SMILES string of the molecule is O=C1[C@@H]2CCCCCC[C@@H]2N1Cc1ccccc1. The Balaban J connectivity index is 1.68. The summed E-state index contributed by atoms with van der Waals surface area (Å²) in [7, 11) is 0. The molecule has 0 spiro atoms. The Morgan fingerprint density at radius 2 is 1.72 bits per heavy atom. The Hall–Kier alpha value is -1.31. The first kappa shape index (κ1) is 11.8. The van der Waals surface area contributed by atoms with Gasteiger partial charge in [-0.3, -0.25) is 4.79 Å². The summed E-state index contributed by atoms with van der Waals surface area (Å²) in [5.41, 5.74) is 1.26. The molecular formula is C16H21NO. The maximum Gasteiger partial charge on any atom is 0.228 e. The van der Waals surface area contributed by atoms with Gasteiger partial charge >= 0.3 is 0 Å². The molecule has 1 aromatic rings. The summed E-state index contributed by atoms with van der Waals surface area (Å²) in [6, 6.07) is 10.9. The van der Waals surface area contributed by atoms with Crippen LogP contribution in [0.4, 0.5) is 0 Å². The molecule has 2 atom stereocenters. The molecule has 1 saturated carbocycles. The standard InChI is InChI=1S/C16H21NO/c18-16-14-10-6-1-2-7-11-15(14)17(16)12-13-8-4-3-5-9-13/h3-5,8-9,14-15H,1-2,6-7,10-12H2/t14-,15+/m1/s1. The number of β-lactam (4-membered cyclic amide) rings is 1. The van der Waals surface area contributed by atoms with Gasteiger partial charge < -0.3 is 4.90 Å². The van der Waals surface area contributed by atoms with Crippen molar-refractivity contribution in [2.24, 2.45) is 5.92 Å². The van der Waals surface area contributed by atoms with Crippen LogP contribution in [0.1, 0.15) is 44.1 Å². The highest BCUT2D eigenvalue weighted by Crippen LogP contribution is 2.37. The topological polar surface area (TPSA) is 20.3 Å². The predicted molar refractivity (Wildman–Crippen MR) is 72.0 cm³/mol. The lowest BCUT2D eigenvalue weighted by Crippen LogP contribution is -2.60. The van der Waals surface area contributed by atoms with E-state index in [2.05, 4.69) is 29.2 Å². The molecule has 2 heteroatoms. The van der Waals surface area contributed by atoms with Gasteiger partial charge in [0.2, 0.25) is 5.91 Å². The minimum atomic E-state index is 0.342. The van der Waals surface area contributed by atoms with Crippen LogP contribution in [0.25, 0.3) is 0 Å². The van der Waals surface area contributed by atoms with E-state index in [4.69, 9.17) is 0 Å². The van der Waals surface area contributed by atoms with Crippen molar-refractivity contribution in [1.29, 1.82) is 0 Å². The zero-order chi connectivity index (χ0) is 12.4. The first-order valence-electron chi connectivity index (χ1n) is 7.20. The van der Waals surface area contributed by atoms with Crippen LogP contribution in [-0.2, 0) is 11.3 Å². The maximum atomic E-state index is 12.2. The van der Waals surface area contributed by atoms with Crippen LogP contribution >= 0.6 is 0 Å². The molecule has 18 heavy (non-hydrogen) atoms. The molecule has 2 aliphatic rings. The molecule has 0 N–H and O–H groups in total. The average molecular weight is 243 g/mol. The lowest BCUT2D eigenvalue weighted by Gasteiger charge is -2.48.